The number of H-pyrrole nitrogens is 1. The summed E-state index contributed by atoms with van der Waals surface area (Å²) in [6, 6.07) is 14.3. The van der Waals surface area contributed by atoms with Crippen LogP contribution in [0.15, 0.2) is 58.3 Å². The van der Waals surface area contributed by atoms with E-state index in [0.717, 1.165) is 19.6 Å². The van der Waals surface area contributed by atoms with Crippen LogP contribution in [0, 0.1) is 0 Å². The van der Waals surface area contributed by atoms with Crippen LogP contribution in [-0.2, 0) is 4.79 Å². The summed E-state index contributed by atoms with van der Waals surface area (Å²) >= 11 is 1.31. The first-order valence-corrected chi connectivity index (χ1v) is 10.4. The molecule has 4 rings (SSSR count). The second-order valence-corrected chi connectivity index (χ2v) is 7.72. The Hall–Kier alpha value is -2.58. The van der Waals surface area contributed by atoms with E-state index < -0.39 is 0 Å². The third-order valence-electron chi connectivity index (χ3n) is 4.85. The van der Waals surface area contributed by atoms with Gasteiger partial charge in [0.05, 0.1) is 12.0 Å². The van der Waals surface area contributed by atoms with Crippen LogP contribution in [0.5, 0.6) is 0 Å². The van der Waals surface area contributed by atoms with Gasteiger partial charge in [-0.2, -0.15) is 4.98 Å². The molecule has 0 bridgehead atoms. The minimum Gasteiger partial charge on any atom is -0.461 e. The summed E-state index contributed by atoms with van der Waals surface area (Å²) in [5.74, 6) is 2.08. The number of likely N-dealkylation sites (tertiary alicyclic amines) is 1. The lowest BCUT2D eigenvalue weighted by Gasteiger charge is -2.16. The summed E-state index contributed by atoms with van der Waals surface area (Å²) in [5, 5.41) is 10.4. The first-order chi connectivity index (χ1) is 13.8. The molecule has 28 heavy (non-hydrogen) atoms. The maximum atomic E-state index is 12.1. The molecule has 1 atom stereocenters. The van der Waals surface area contributed by atoms with Crippen molar-refractivity contribution in [3.8, 4) is 11.6 Å². The van der Waals surface area contributed by atoms with Gasteiger partial charge in [-0.05, 0) is 36.6 Å². The first-order valence-electron chi connectivity index (χ1n) is 9.41. The van der Waals surface area contributed by atoms with E-state index in [1.165, 1.54) is 23.7 Å². The molecule has 0 saturated carbocycles. The molecular formula is C20H23N5O2S. The van der Waals surface area contributed by atoms with Crippen LogP contribution in [0.1, 0.15) is 17.9 Å². The quantitative estimate of drug-likeness (QED) is 0.569. The lowest BCUT2D eigenvalue weighted by molar-refractivity contribution is -0.118. The van der Waals surface area contributed by atoms with E-state index in [0.29, 0.717) is 35.0 Å². The summed E-state index contributed by atoms with van der Waals surface area (Å²) in [6.07, 6.45) is 2.76. The number of carbonyl (C=O) groups excluding carboxylic acids is 1. The van der Waals surface area contributed by atoms with Crippen molar-refractivity contribution in [2.75, 3.05) is 31.9 Å². The number of aromatic nitrogens is 3. The van der Waals surface area contributed by atoms with Gasteiger partial charge in [0.1, 0.15) is 0 Å². The molecule has 0 spiro atoms. The van der Waals surface area contributed by atoms with E-state index in [-0.39, 0.29) is 5.91 Å². The molecule has 3 aromatic rings. The Morgan fingerprint density at radius 1 is 1.29 bits per heavy atom. The Balaban J connectivity index is 1.15. The highest BCUT2D eigenvalue weighted by Crippen LogP contribution is 2.26. The Morgan fingerprint density at radius 3 is 3.00 bits per heavy atom. The first kappa shape index (κ1) is 18.8. The molecule has 1 amide bonds. The number of hydrogen-bond acceptors (Lipinski definition) is 6. The number of benzene rings is 1. The van der Waals surface area contributed by atoms with Crippen LogP contribution >= 0.6 is 11.8 Å². The van der Waals surface area contributed by atoms with Gasteiger partial charge >= 0.3 is 0 Å². The number of amides is 1. The fraction of sp³-hybridized carbons (Fsp3) is 0.350. The Morgan fingerprint density at radius 2 is 2.18 bits per heavy atom. The van der Waals surface area contributed by atoms with E-state index in [1.54, 1.807) is 12.3 Å². The topological polar surface area (TPSA) is 87.0 Å². The predicted molar refractivity (Wildman–Crippen MR) is 108 cm³/mol. The maximum Gasteiger partial charge on any atom is 0.230 e. The highest BCUT2D eigenvalue weighted by atomic mass is 32.2. The van der Waals surface area contributed by atoms with Gasteiger partial charge in [0.25, 0.3) is 0 Å². The van der Waals surface area contributed by atoms with Crippen LogP contribution in [0.2, 0.25) is 0 Å². The molecule has 7 nitrogen and oxygen atoms in total. The number of hydrogen-bond donors (Lipinski definition) is 2. The van der Waals surface area contributed by atoms with Gasteiger partial charge in [-0.3, -0.25) is 9.89 Å². The molecular weight excluding hydrogens is 374 g/mol. The SMILES string of the molecule is O=C(CSc1n[nH]c(-c2ccco2)n1)NCCN1CC[C@H](c2ccccc2)C1. The molecule has 2 N–H and O–H groups in total. The molecule has 3 heterocycles. The standard InChI is InChI=1S/C20H23N5O2S/c26-18(14-28-20-22-19(23-24-20)17-7-4-12-27-17)21-9-11-25-10-8-16(13-25)15-5-2-1-3-6-15/h1-7,12,16H,8-11,13-14H2,(H,21,26)(H,22,23,24)/t16-/m0/s1. The van der Waals surface area contributed by atoms with Crippen molar-refractivity contribution in [3.05, 3.63) is 54.3 Å². The molecule has 146 valence electrons. The number of nitrogens with zero attached hydrogens (tertiary/aromatic N) is 3. The monoisotopic (exact) mass is 397 g/mol. The highest BCUT2D eigenvalue weighted by molar-refractivity contribution is 7.99. The molecule has 1 aliphatic rings. The minimum absolute atomic E-state index is 0.00634. The molecule has 0 unspecified atom stereocenters. The molecule has 1 aliphatic heterocycles. The van der Waals surface area contributed by atoms with E-state index in [2.05, 4.69) is 55.7 Å². The van der Waals surface area contributed by atoms with Gasteiger partial charge in [-0.1, -0.05) is 42.1 Å². The number of rotatable bonds is 8. The van der Waals surface area contributed by atoms with Crippen LogP contribution in [0.4, 0.5) is 0 Å². The van der Waals surface area contributed by atoms with Gasteiger partial charge < -0.3 is 14.6 Å². The molecule has 0 aliphatic carbocycles. The zero-order valence-electron chi connectivity index (χ0n) is 15.5. The predicted octanol–water partition coefficient (Wildman–Crippen LogP) is 2.76. The molecule has 0 radical (unpaired) electrons. The summed E-state index contributed by atoms with van der Waals surface area (Å²) in [5.41, 5.74) is 1.41. The van der Waals surface area contributed by atoms with Crippen LogP contribution in [-0.4, -0.2) is 57.9 Å². The van der Waals surface area contributed by atoms with Gasteiger partial charge in [0.2, 0.25) is 11.1 Å². The fourth-order valence-corrected chi connectivity index (χ4v) is 4.03. The normalized spacial score (nSPS) is 17.1. The number of aromatic amines is 1. The van der Waals surface area contributed by atoms with Crippen molar-refractivity contribution >= 4 is 17.7 Å². The minimum atomic E-state index is -0.00634. The summed E-state index contributed by atoms with van der Waals surface area (Å²) in [6.45, 7) is 3.67. The molecule has 2 aromatic heterocycles. The van der Waals surface area contributed by atoms with Crippen LogP contribution in [0.25, 0.3) is 11.6 Å². The van der Waals surface area contributed by atoms with E-state index in [9.17, 15) is 4.79 Å². The molecule has 8 heteroatoms. The van der Waals surface area contributed by atoms with Crippen molar-refractivity contribution in [1.29, 1.82) is 0 Å². The van der Waals surface area contributed by atoms with Gasteiger partial charge in [0, 0.05) is 19.6 Å². The summed E-state index contributed by atoms with van der Waals surface area (Å²) in [4.78, 5) is 18.8. The Bertz CT molecular complexity index is 881. The largest absolute Gasteiger partial charge is 0.461 e. The highest BCUT2D eigenvalue weighted by Gasteiger charge is 2.23. The molecule has 1 aromatic carbocycles. The van der Waals surface area contributed by atoms with Crippen molar-refractivity contribution in [3.63, 3.8) is 0 Å². The van der Waals surface area contributed by atoms with Crippen molar-refractivity contribution < 1.29 is 9.21 Å². The second kappa shape index (κ2) is 9.07. The fourth-order valence-electron chi connectivity index (χ4n) is 3.40. The third kappa shape index (κ3) is 4.82. The average molecular weight is 398 g/mol. The van der Waals surface area contributed by atoms with Crippen LogP contribution < -0.4 is 5.32 Å². The number of nitrogens with one attached hydrogen (secondary N) is 2. The summed E-state index contributed by atoms with van der Waals surface area (Å²) in [7, 11) is 0. The van der Waals surface area contributed by atoms with Gasteiger partial charge in [-0.25, -0.2) is 0 Å². The Labute approximate surface area is 167 Å². The zero-order chi connectivity index (χ0) is 19.2. The van der Waals surface area contributed by atoms with E-state index in [1.807, 2.05) is 6.07 Å². The molecule has 1 saturated heterocycles. The van der Waals surface area contributed by atoms with Crippen molar-refractivity contribution in [2.45, 2.75) is 17.5 Å². The average Bonchev–Trinajstić information content (AvgIpc) is 3.48. The summed E-state index contributed by atoms with van der Waals surface area (Å²) < 4.78 is 5.27. The number of carbonyl (C=O) groups is 1. The van der Waals surface area contributed by atoms with Gasteiger partial charge in [0.15, 0.2) is 11.6 Å². The number of thioether (sulfide) groups is 1. The van der Waals surface area contributed by atoms with Crippen molar-refractivity contribution in [2.24, 2.45) is 0 Å². The van der Waals surface area contributed by atoms with E-state index >= 15 is 0 Å². The smallest absolute Gasteiger partial charge is 0.230 e. The lowest BCUT2D eigenvalue weighted by atomic mass is 9.99. The number of furan rings is 1. The van der Waals surface area contributed by atoms with E-state index in [4.69, 9.17) is 4.42 Å². The van der Waals surface area contributed by atoms with Gasteiger partial charge in [-0.15, -0.1) is 5.10 Å². The molecule has 1 fully saturated rings. The van der Waals surface area contributed by atoms with Crippen LogP contribution in [0.3, 0.4) is 0 Å². The second-order valence-electron chi connectivity index (χ2n) is 6.78. The van der Waals surface area contributed by atoms with Crippen molar-refractivity contribution in [1.82, 2.24) is 25.4 Å². The third-order valence-corrected chi connectivity index (χ3v) is 5.69. The maximum absolute atomic E-state index is 12.1. The Kier molecular flexibility index (Phi) is 6.08. The zero-order valence-corrected chi connectivity index (χ0v) is 16.3. The lowest BCUT2D eigenvalue weighted by Crippen LogP contribution is -2.34.